The molecule has 3 aromatic rings. The zero-order chi connectivity index (χ0) is 31.5. The maximum Gasteiger partial charge on any atom is 0.265 e. The highest BCUT2D eigenvalue weighted by molar-refractivity contribution is 7.90. The van der Waals surface area contributed by atoms with Crippen LogP contribution in [0, 0.1) is 17.2 Å². The van der Waals surface area contributed by atoms with Crippen LogP contribution in [-0.2, 0) is 14.8 Å². The average molecular weight is 628 g/mol. The van der Waals surface area contributed by atoms with Crippen molar-refractivity contribution in [2.24, 2.45) is 11.3 Å². The van der Waals surface area contributed by atoms with Crippen LogP contribution >= 0.6 is 11.6 Å². The van der Waals surface area contributed by atoms with E-state index in [1.165, 1.54) is 29.8 Å². The molecule has 0 spiro atoms. The first-order chi connectivity index (χ1) is 20.2. The van der Waals surface area contributed by atoms with Crippen molar-refractivity contribution in [3.63, 3.8) is 0 Å². The molecule has 0 radical (unpaired) electrons. The zero-order valence-corrected chi connectivity index (χ0v) is 26.0. The Labute approximate surface area is 256 Å². The van der Waals surface area contributed by atoms with E-state index < -0.39 is 33.7 Å². The van der Waals surface area contributed by atoms with Crippen LogP contribution in [0.25, 0.3) is 0 Å². The molecule has 0 aromatic heterocycles. The molecule has 2 N–H and O–H groups in total. The van der Waals surface area contributed by atoms with Gasteiger partial charge < -0.3 is 10.2 Å². The van der Waals surface area contributed by atoms with Crippen molar-refractivity contribution in [3.05, 3.63) is 100 Å². The maximum absolute atomic E-state index is 13.7. The van der Waals surface area contributed by atoms with Gasteiger partial charge in [0.25, 0.3) is 21.8 Å². The van der Waals surface area contributed by atoms with Gasteiger partial charge >= 0.3 is 0 Å². The number of amides is 3. The van der Waals surface area contributed by atoms with Gasteiger partial charge in [-0.05, 0) is 83.8 Å². The van der Waals surface area contributed by atoms with Gasteiger partial charge in [0.15, 0.2) is 0 Å². The first-order valence-corrected chi connectivity index (χ1v) is 15.8. The third-order valence-electron chi connectivity index (χ3n) is 7.77. The highest BCUT2D eigenvalue weighted by Gasteiger charge is 2.40. The number of nitrogens with zero attached hydrogens (tertiary/aromatic N) is 1. The molecule has 228 valence electrons. The largest absolute Gasteiger partial charge is 0.340 e. The van der Waals surface area contributed by atoms with Gasteiger partial charge in [0.2, 0.25) is 5.91 Å². The van der Waals surface area contributed by atoms with Crippen LogP contribution in [0.3, 0.4) is 0 Å². The van der Waals surface area contributed by atoms with Gasteiger partial charge in [-0.25, -0.2) is 17.5 Å². The quantitative estimate of drug-likeness (QED) is 0.348. The van der Waals surface area contributed by atoms with E-state index in [0.29, 0.717) is 18.1 Å². The predicted molar refractivity (Wildman–Crippen MR) is 163 cm³/mol. The minimum atomic E-state index is -4.27. The lowest BCUT2D eigenvalue weighted by Gasteiger charge is -2.45. The van der Waals surface area contributed by atoms with Gasteiger partial charge in [0.1, 0.15) is 11.9 Å². The summed E-state index contributed by atoms with van der Waals surface area (Å²) in [7, 11) is -4.27. The van der Waals surface area contributed by atoms with Crippen molar-refractivity contribution in [1.29, 1.82) is 0 Å². The fourth-order valence-corrected chi connectivity index (χ4v) is 6.55. The molecule has 0 bridgehead atoms. The van der Waals surface area contributed by atoms with Gasteiger partial charge in [-0.15, -0.1) is 0 Å². The fraction of sp³-hybridized carbons (Fsp3) is 0.344. The molecule has 0 unspecified atom stereocenters. The van der Waals surface area contributed by atoms with E-state index >= 15 is 0 Å². The second-order valence-electron chi connectivity index (χ2n) is 11.8. The average Bonchev–Trinajstić information content (AvgIpc) is 2.95. The lowest BCUT2D eigenvalue weighted by atomic mass is 9.70. The smallest absolute Gasteiger partial charge is 0.265 e. The molecule has 3 aromatic carbocycles. The second-order valence-corrected chi connectivity index (χ2v) is 13.9. The Hall–Kier alpha value is -3.76. The summed E-state index contributed by atoms with van der Waals surface area (Å²) in [6, 6.07) is 16.6. The summed E-state index contributed by atoms with van der Waals surface area (Å²) in [6.45, 7) is 8.99. The van der Waals surface area contributed by atoms with E-state index in [9.17, 15) is 27.2 Å². The normalized spacial score (nSPS) is 17.3. The highest BCUT2D eigenvalue weighted by Crippen LogP contribution is 2.42. The van der Waals surface area contributed by atoms with Crippen molar-refractivity contribution >= 4 is 39.3 Å². The number of hydrogen-bond acceptors (Lipinski definition) is 5. The molecule has 0 saturated carbocycles. The molecular formula is C32H35ClFN3O5S. The van der Waals surface area contributed by atoms with E-state index in [4.69, 9.17) is 11.6 Å². The van der Waals surface area contributed by atoms with Gasteiger partial charge in [-0.2, -0.15) is 0 Å². The number of likely N-dealkylation sites (tertiary alicyclic amines) is 1. The van der Waals surface area contributed by atoms with Crippen LogP contribution < -0.4 is 10.0 Å². The van der Waals surface area contributed by atoms with Crippen molar-refractivity contribution < 1.29 is 27.2 Å². The lowest BCUT2D eigenvalue weighted by molar-refractivity contribution is -0.137. The topological polar surface area (TPSA) is 113 Å². The number of benzene rings is 3. The van der Waals surface area contributed by atoms with Crippen LogP contribution in [0.2, 0.25) is 5.02 Å². The van der Waals surface area contributed by atoms with Gasteiger partial charge in [-0.3, -0.25) is 14.4 Å². The first-order valence-electron chi connectivity index (χ1n) is 14.0. The molecule has 43 heavy (non-hydrogen) atoms. The Morgan fingerprint density at radius 1 is 0.953 bits per heavy atom. The minimum absolute atomic E-state index is 0.0724. The molecule has 0 aliphatic carbocycles. The number of piperidine rings is 1. The SMILES string of the molecule is CC(C)[C@@H](NC(=O)c1cccc(C(=O)NS(=O)(=O)c2ccc(F)cc2)c1)C(=O)N1CC[C@H](c2ccc(Cl)cc2)C(C)(C)C1. The number of halogens is 2. The highest BCUT2D eigenvalue weighted by atomic mass is 35.5. The number of carbonyl (C=O) groups is 3. The molecular weight excluding hydrogens is 593 g/mol. The van der Waals surface area contributed by atoms with Crippen LogP contribution in [0.1, 0.15) is 66.3 Å². The summed E-state index contributed by atoms with van der Waals surface area (Å²) in [6.07, 6.45) is 0.761. The molecule has 4 rings (SSSR count). The Morgan fingerprint density at radius 2 is 1.56 bits per heavy atom. The van der Waals surface area contributed by atoms with Crippen LogP contribution in [0.4, 0.5) is 4.39 Å². The van der Waals surface area contributed by atoms with Crippen LogP contribution in [0.15, 0.2) is 77.7 Å². The predicted octanol–water partition coefficient (Wildman–Crippen LogP) is 5.39. The van der Waals surface area contributed by atoms with E-state index in [1.807, 2.05) is 42.8 Å². The summed E-state index contributed by atoms with van der Waals surface area (Å²) in [5.41, 5.74) is 0.969. The Balaban J connectivity index is 1.45. The van der Waals surface area contributed by atoms with E-state index in [0.717, 1.165) is 30.7 Å². The zero-order valence-electron chi connectivity index (χ0n) is 24.4. The third kappa shape index (κ3) is 7.61. The summed E-state index contributed by atoms with van der Waals surface area (Å²) in [4.78, 5) is 41.3. The molecule has 3 amide bonds. The lowest BCUT2D eigenvalue weighted by Crippen LogP contribution is -2.55. The van der Waals surface area contributed by atoms with Gasteiger partial charge in [0, 0.05) is 29.2 Å². The summed E-state index contributed by atoms with van der Waals surface area (Å²) < 4.78 is 40.3. The molecule has 1 fully saturated rings. The fourth-order valence-electron chi connectivity index (χ4n) is 5.45. The standard InChI is InChI=1S/C32H35ClFN3O5S/c1-20(2)28(31(40)37-17-16-27(32(3,4)19-37)21-8-10-24(33)11-9-21)35-29(38)22-6-5-7-23(18-22)30(39)36-43(41,42)26-14-12-25(34)13-15-26/h5-15,18,20,27-28H,16-17,19H2,1-4H3,(H,35,38)(H,36,39)/t27-,28-/m1/s1. The number of rotatable bonds is 8. The molecule has 1 saturated heterocycles. The maximum atomic E-state index is 13.7. The van der Waals surface area contributed by atoms with Gasteiger partial charge in [0.05, 0.1) is 4.90 Å². The van der Waals surface area contributed by atoms with Crippen molar-refractivity contribution in [1.82, 2.24) is 14.9 Å². The molecule has 8 nitrogen and oxygen atoms in total. The summed E-state index contributed by atoms with van der Waals surface area (Å²) >= 11 is 6.07. The minimum Gasteiger partial charge on any atom is -0.340 e. The molecule has 1 heterocycles. The Bertz CT molecular complexity index is 1610. The molecule has 1 aliphatic heterocycles. The number of hydrogen-bond donors (Lipinski definition) is 2. The summed E-state index contributed by atoms with van der Waals surface area (Å²) in [5.74, 6) is -2.32. The molecule has 2 atom stereocenters. The van der Waals surface area contributed by atoms with E-state index in [2.05, 4.69) is 19.2 Å². The van der Waals surface area contributed by atoms with Crippen molar-refractivity contribution in [2.75, 3.05) is 13.1 Å². The monoisotopic (exact) mass is 627 g/mol. The number of sulfonamides is 1. The molecule has 11 heteroatoms. The summed E-state index contributed by atoms with van der Waals surface area (Å²) in [5, 5.41) is 3.49. The Morgan fingerprint density at radius 3 is 2.14 bits per heavy atom. The second kappa shape index (κ2) is 12.9. The number of nitrogens with one attached hydrogen (secondary N) is 2. The van der Waals surface area contributed by atoms with Crippen LogP contribution in [0.5, 0.6) is 0 Å². The van der Waals surface area contributed by atoms with E-state index in [-0.39, 0.29) is 39.2 Å². The molecule has 1 aliphatic rings. The first kappa shape index (κ1) is 32.2. The Kier molecular flexibility index (Phi) is 9.61. The van der Waals surface area contributed by atoms with Crippen LogP contribution in [-0.4, -0.2) is 50.2 Å². The third-order valence-corrected chi connectivity index (χ3v) is 9.37. The number of carbonyl (C=O) groups excluding carboxylic acids is 3. The van der Waals surface area contributed by atoms with E-state index in [1.54, 1.807) is 4.90 Å². The van der Waals surface area contributed by atoms with Gasteiger partial charge in [-0.1, -0.05) is 57.5 Å². The van der Waals surface area contributed by atoms with Crippen molar-refractivity contribution in [3.8, 4) is 0 Å². The van der Waals surface area contributed by atoms with Crippen molar-refractivity contribution in [2.45, 2.75) is 51.0 Å².